The van der Waals surface area contributed by atoms with Crippen LogP contribution in [0.3, 0.4) is 0 Å². The molecule has 8 aliphatic rings. The summed E-state index contributed by atoms with van der Waals surface area (Å²) in [4.78, 5) is 15.2. The normalized spacial score (nSPS) is 48.0. The van der Waals surface area contributed by atoms with Crippen molar-refractivity contribution in [2.24, 2.45) is 63.9 Å². The maximum atomic E-state index is 15.2. The highest BCUT2D eigenvalue weighted by molar-refractivity contribution is 6.00. The largest absolute Gasteiger partial charge is 0.396 e. The van der Waals surface area contributed by atoms with Crippen LogP contribution < -0.4 is 16.4 Å². The molecule has 0 aromatic carbocycles. The average molecular weight is 810 g/mol. The molecule has 1 unspecified atom stereocenters. The molecule has 0 bridgehead atoms. The van der Waals surface area contributed by atoms with E-state index in [0.29, 0.717) is 30.8 Å². The molecule has 324 valence electrons. The van der Waals surface area contributed by atoms with E-state index in [-0.39, 0.29) is 79.8 Å². The number of dihydropyridines is 1. The van der Waals surface area contributed by atoms with Crippen LogP contribution in [-0.4, -0.2) is 109 Å². The Bertz CT molecular complexity index is 1690. The minimum Gasteiger partial charge on any atom is -0.396 e. The van der Waals surface area contributed by atoms with E-state index in [1.165, 1.54) is 6.42 Å². The molecule has 0 radical (unpaired) electrons. The third kappa shape index (κ3) is 6.62. The van der Waals surface area contributed by atoms with Crippen molar-refractivity contribution in [1.29, 1.82) is 0 Å². The van der Waals surface area contributed by atoms with E-state index in [0.717, 1.165) is 37.7 Å². The number of hydrogen-bond donors (Lipinski definition) is 10. The smallest absolute Gasteiger partial charge is 0.182 e. The summed E-state index contributed by atoms with van der Waals surface area (Å²) in [6, 6.07) is 0. The Kier molecular flexibility index (Phi) is 11.5. The summed E-state index contributed by atoms with van der Waals surface area (Å²) < 4.78 is 6.68. The average Bonchev–Trinajstić information content (AvgIpc) is 3.52. The number of rotatable bonds is 10. The van der Waals surface area contributed by atoms with Gasteiger partial charge in [-0.2, -0.15) is 0 Å². The lowest BCUT2D eigenvalue weighted by Crippen LogP contribution is -2.67. The molecule has 4 saturated carbocycles. The summed E-state index contributed by atoms with van der Waals surface area (Å²) in [7, 11) is 0. The van der Waals surface area contributed by atoms with Gasteiger partial charge in [0.25, 0.3) is 0 Å². The van der Waals surface area contributed by atoms with Gasteiger partial charge in [0.1, 0.15) is 6.10 Å². The molecule has 0 aromatic rings. The van der Waals surface area contributed by atoms with E-state index in [4.69, 9.17) is 10.5 Å². The Labute approximate surface area is 344 Å². The molecule has 1 spiro atoms. The van der Waals surface area contributed by atoms with E-state index in [9.17, 15) is 35.7 Å². The third-order valence-corrected chi connectivity index (χ3v) is 17.2. The minimum absolute atomic E-state index is 0.0741. The van der Waals surface area contributed by atoms with Gasteiger partial charge in [0.05, 0.1) is 53.6 Å². The molecule has 5 fully saturated rings. The number of aliphatic hydroxyl groups is 7. The molecule has 11 N–H and O–H groups in total. The second kappa shape index (κ2) is 15.6. The number of Topliss-reactive ketones (excluding diaryl/α,β-unsaturated/α-hetero) is 1. The highest BCUT2D eigenvalue weighted by Crippen LogP contribution is 2.73. The van der Waals surface area contributed by atoms with Crippen molar-refractivity contribution in [3.05, 3.63) is 47.3 Å². The van der Waals surface area contributed by atoms with Crippen molar-refractivity contribution < 1.29 is 45.3 Å². The number of carbonyl (C=O) groups excluding carboxylic acids is 1. The van der Waals surface area contributed by atoms with Gasteiger partial charge in [-0.15, -0.1) is 0 Å². The molecule has 58 heavy (non-hydrogen) atoms. The lowest BCUT2D eigenvalue weighted by molar-refractivity contribution is -0.205. The number of nitrogens with one attached hydrogen (secondary N) is 2. The number of aliphatic hydroxyl groups excluding tert-OH is 5. The van der Waals surface area contributed by atoms with Crippen LogP contribution in [0.2, 0.25) is 0 Å². The van der Waals surface area contributed by atoms with Gasteiger partial charge in [0.15, 0.2) is 5.78 Å². The first-order chi connectivity index (χ1) is 27.5. The topological polar surface area (TPSA) is 218 Å². The summed E-state index contributed by atoms with van der Waals surface area (Å²) in [6.45, 7) is 7.43. The van der Waals surface area contributed by atoms with Gasteiger partial charge in [-0.1, -0.05) is 51.3 Å². The maximum absolute atomic E-state index is 15.2. The van der Waals surface area contributed by atoms with Gasteiger partial charge >= 0.3 is 0 Å². The molecule has 19 atom stereocenters. The molecule has 12 heteroatoms. The number of ether oxygens (including phenoxy) is 1. The molecule has 2 aliphatic heterocycles. The fraction of sp³-hybridized carbons (Fsp3) is 0.804. The Morgan fingerprint density at radius 2 is 1.83 bits per heavy atom. The Morgan fingerprint density at radius 1 is 1.07 bits per heavy atom. The quantitative estimate of drug-likeness (QED) is 0.144. The standard InChI is InChI=1S/C46H71N3O9/c1-5-6-25-7-12-29-30(23-50)41(58-34(29)13-8-25)42(55)44(4,56)35-15-16-46(57)38-37-27(18-43(35,46)3)10-9-26(28-11-14-36(47)48-22-28)19-45(37)20-33(53)32(52)17-31(45)40(54)39(38)49-21-24(2)51/h9-11,14,22,24-27,29-37,41-42,48-53,55-57H,5-8,12-13,15-21,23,47H2,1-4H3/t24-,25+,26-,27+,29-,30-,31-,32+,33-,34+,35-,36?,37-,41+,42+,43+,44+,45-,46+/m0/s1. The summed E-state index contributed by atoms with van der Waals surface area (Å²) in [6.07, 6.45) is 12.7. The lowest BCUT2D eigenvalue weighted by atomic mass is 9.41. The Hall–Kier alpha value is -2.13. The second-order valence-electron chi connectivity index (χ2n) is 20.5. The van der Waals surface area contributed by atoms with Gasteiger partial charge in [-0.3, -0.25) is 4.79 Å². The first kappa shape index (κ1) is 42.6. The van der Waals surface area contributed by atoms with Crippen LogP contribution in [-0.2, 0) is 9.53 Å². The van der Waals surface area contributed by atoms with Crippen molar-refractivity contribution in [1.82, 2.24) is 10.6 Å². The molecule has 12 nitrogen and oxygen atoms in total. The summed E-state index contributed by atoms with van der Waals surface area (Å²) >= 11 is 0. The maximum Gasteiger partial charge on any atom is 0.182 e. The number of fused-ring (bicyclic) bond motifs is 3. The van der Waals surface area contributed by atoms with E-state index < -0.39 is 70.3 Å². The van der Waals surface area contributed by atoms with E-state index in [1.807, 2.05) is 25.3 Å². The first-order valence-corrected chi connectivity index (χ1v) is 22.5. The Morgan fingerprint density at radius 3 is 2.52 bits per heavy atom. The van der Waals surface area contributed by atoms with Crippen LogP contribution >= 0.6 is 0 Å². The zero-order valence-electron chi connectivity index (χ0n) is 35.0. The fourth-order valence-electron chi connectivity index (χ4n) is 14.5. The molecule has 1 saturated heterocycles. The van der Waals surface area contributed by atoms with E-state index in [2.05, 4.69) is 29.7 Å². The van der Waals surface area contributed by atoms with Crippen LogP contribution in [0.5, 0.6) is 0 Å². The molecular weight excluding hydrogens is 739 g/mol. The molecular formula is C46H71N3O9. The second-order valence-corrected chi connectivity index (χ2v) is 20.5. The van der Waals surface area contributed by atoms with Gasteiger partial charge in [-0.05, 0) is 124 Å². The number of allylic oxidation sites excluding steroid dienone is 5. The van der Waals surface area contributed by atoms with Gasteiger partial charge in [-0.25, -0.2) is 0 Å². The van der Waals surface area contributed by atoms with Crippen LogP contribution in [0.4, 0.5) is 0 Å². The van der Waals surface area contributed by atoms with Crippen LogP contribution in [0, 0.1) is 58.2 Å². The van der Waals surface area contributed by atoms with Crippen LogP contribution in [0.25, 0.3) is 0 Å². The number of ketones is 1. The SMILES string of the molecule is CCC[C@@H]1CC[C@H]2[C@H](CO)[C@H]([C@@H](O)[C@](C)(O)[C@H]3CC[C@@]4(O)C5=C(NC[C@H](C)O)C(=O)[C@@H]6C[C@@H](O)[C@@H](O)C[C@@]67C[C@@H](C6=CNC(N)C=C6)C=C[C@H](C[C@]34C)[C@@H]57)O[C@@H]2CC1. The predicted octanol–water partition coefficient (Wildman–Crippen LogP) is 2.69. The van der Waals surface area contributed by atoms with Gasteiger partial charge in [0, 0.05) is 42.5 Å². The van der Waals surface area contributed by atoms with Crippen molar-refractivity contribution in [3.8, 4) is 0 Å². The van der Waals surface area contributed by atoms with Crippen molar-refractivity contribution in [2.45, 2.75) is 159 Å². The van der Waals surface area contributed by atoms with Crippen molar-refractivity contribution >= 4 is 5.78 Å². The van der Waals surface area contributed by atoms with Crippen molar-refractivity contribution in [3.63, 3.8) is 0 Å². The number of hydrogen-bond acceptors (Lipinski definition) is 12. The highest BCUT2D eigenvalue weighted by Gasteiger charge is 2.73. The summed E-state index contributed by atoms with van der Waals surface area (Å²) in [5, 5.41) is 89.3. The van der Waals surface area contributed by atoms with E-state index >= 15 is 4.79 Å². The lowest BCUT2D eigenvalue weighted by Gasteiger charge is -2.64. The number of nitrogens with two attached hydrogens (primary N) is 1. The van der Waals surface area contributed by atoms with Crippen molar-refractivity contribution in [2.75, 3.05) is 13.2 Å². The molecule has 8 rings (SSSR count). The third-order valence-electron chi connectivity index (χ3n) is 17.2. The van der Waals surface area contributed by atoms with Crippen LogP contribution in [0.15, 0.2) is 47.3 Å². The highest BCUT2D eigenvalue weighted by atomic mass is 16.5. The number of carbonyl (C=O) groups is 1. The minimum atomic E-state index is -1.74. The predicted molar refractivity (Wildman–Crippen MR) is 218 cm³/mol. The van der Waals surface area contributed by atoms with Gasteiger partial charge < -0.3 is 56.8 Å². The Balaban J connectivity index is 1.21. The first-order valence-electron chi connectivity index (χ1n) is 22.5. The molecule has 0 aromatic heterocycles. The molecule has 0 amide bonds. The molecule has 2 heterocycles. The van der Waals surface area contributed by atoms with E-state index in [1.54, 1.807) is 13.8 Å². The van der Waals surface area contributed by atoms with Gasteiger partial charge in [0.2, 0.25) is 0 Å². The molecule has 6 aliphatic carbocycles. The summed E-state index contributed by atoms with van der Waals surface area (Å²) in [5.41, 5.74) is 2.74. The zero-order chi connectivity index (χ0) is 41.5. The van der Waals surface area contributed by atoms with Crippen LogP contribution in [0.1, 0.15) is 105 Å². The zero-order valence-corrected chi connectivity index (χ0v) is 35.0. The fourth-order valence-corrected chi connectivity index (χ4v) is 14.5. The monoisotopic (exact) mass is 810 g/mol. The summed E-state index contributed by atoms with van der Waals surface area (Å²) in [5.74, 6) is -1.91.